The first-order chi connectivity index (χ1) is 19.4. The van der Waals surface area contributed by atoms with E-state index >= 15 is 0 Å². The molecule has 1 aliphatic rings. The number of aryl methyl sites for hydroxylation is 1. The van der Waals surface area contributed by atoms with Crippen molar-refractivity contribution in [2.75, 3.05) is 0 Å². The lowest BCUT2D eigenvalue weighted by Gasteiger charge is -2.23. The number of sulfonamides is 1. The first-order valence-corrected chi connectivity index (χ1v) is 14.7. The van der Waals surface area contributed by atoms with Gasteiger partial charge in [0.15, 0.2) is 4.90 Å². The minimum Gasteiger partial charge on any atom is -0.305 e. The third-order valence-corrected chi connectivity index (χ3v) is 8.93. The maximum absolute atomic E-state index is 13.8. The largest absolute Gasteiger partial charge is 0.305 e. The Bertz CT molecular complexity index is 1580. The minimum absolute atomic E-state index is 0.0256. The van der Waals surface area contributed by atoms with E-state index in [1.54, 1.807) is 24.4 Å². The zero-order chi connectivity index (χ0) is 28.0. The summed E-state index contributed by atoms with van der Waals surface area (Å²) in [7, 11) is -4.23. The molecular weight excluding hydrogens is 526 g/mol. The molecule has 1 N–H and O–H groups in total. The number of fused-ring (bicyclic) bond motifs is 1. The Labute approximate surface area is 234 Å². The number of nitrogens with one attached hydrogen (secondary N) is 1. The van der Waals surface area contributed by atoms with Crippen molar-refractivity contribution in [3.05, 3.63) is 129 Å². The Morgan fingerprint density at radius 3 is 2.52 bits per heavy atom. The smallest absolute Gasteiger partial charge is 0.289 e. The van der Waals surface area contributed by atoms with Crippen LogP contribution in [-0.2, 0) is 36.1 Å². The molecule has 40 heavy (non-hydrogen) atoms. The summed E-state index contributed by atoms with van der Waals surface area (Å²) in [6.07, 6.45) is 7.75. The van der Waals surface area contributed by atoms with Gasteiger partial charge in [-0.2, -0.15) is 4.31 Å². The van der Waals surface area contributed by atoms with E-state index in [1.165, 1.54) is 34.1 Å². The van der Waals surface area contributed by atoms with Gasteiger partial charge in [-0.3, -0.25) is 20.1 Å². The fraction of sp³-hybridized carbons (Fsp3) is 0.267. The quantitative estimate of drug-likeness (QED) is 0.159. The van der Waals surface area contributed by atoms with Crippen molar-refractivity contribution in [1.29, 1.82) is 0 Å². The van der Waals surface area contributed by atoms with Crippen LogP contribution in [0.5, 0.6) is 0 Å². The van der Waals surface area contributed by atoms with Crippen LogP contribution >= 0.6 is 0 Å². The number of rotatable bonds is 10. The standard InChI is InChI=1S/C30H31N5O4S/c36-35(37)28-15-3-4-16-29(28)40(38,39)34(22-26-13-5-6-17-31-26)21-24-10-7-9-23(19-24)20-33-27-14-2-1-11-25-12-8-18-32-30(25)27/h3-10,12-13,15-19,27,33H,1-2,11,14,20-22H2. The van der Waals surface area contributed by atoms with Gasteiger partial charge < -0.3 is 5.32 Å². The molecule has 9 nitrogen and oxygen atoms in total. The van der Waals surface area contributed by atoms with Gasteiger partial charge in [-0.25, -0.2) is 8.42 Å². The molecule has 1 unspecified atom stereocenters. The van der Waals surface area contributed by atoms with Crippen LogP contribution in [0, 0.1) is 10.1 Å². The molecule has 10 heteroatoms. The number of para-hydroxylation sites is 1. The zero-order valence-electron chi connectivity index (χ0n) is 22.0. The summed E-state index contributed by atoms with van der Waals surface area (Å²) in [6.45, 7) is 0.612. The number of hydrogen-bond donors (Lipinski definition) is 1. The number of nitro groups is 1. The summed E-state index contributed by atoms with van der Waals surface area (Å²) >= 11 is 0. The van der Waals surface area contributed by atoms with Gasteiger partial charge >= 0.3 is 0 Å². The van der Waals surface area contributed by atoms with Gasteiger partial charge in [-0.05, 0) is 60.2 Å². The molecule has 2 heterocycles. The molecule has 206 valence electrons. The van der Waals surface area contributed by atoms with Crippen molar-refractivity contribution in [2.24, 2.45) is 0 Å². The van der Waals surface area contributed by atoms with Gasteiger partial charge in [0.05, 0.1) is 28.9 Å². The average molecular weight is 558 g/mol. The number of hydrogen-bond acceptors (Lipinski definition) is 7. The predicted octanol–water partition coefficient (Wildman–Crippen LogP) is 5.33. The predicted molar refractivity (Wildman–Crippen MR) is 152 cm³/mol. The molecule has 2 aromatic heterocycles. The lowest BCUT2D eigenvalue weighted by atomic mass is 10.0. The van der Waals surface area contributed by atoms with Gasteiger partial charge in [-0.15, -0.1) is 0 Å². The molecule has 4 aromatic rings. The molecule has 2 aromatic carbocycles. The molecule has 0 saturated carbocycles. The number of benzene rings is 2. The van der Waals surface area contributed by atoms with Gasteiger partial charge in [0.1, 0.15) is 0 Å². The van der Waals surface area contributed by atoms with Gasteiger partial charge in [0.25, 0.3) is 15.7 Å². The highest BCUT2D eigenvalue weighted by Gasteiger charge is 2.32. The van der Waals surface area contributed by atoms with E-state index in [1.807, 2.05) is 36.5 Å². The monoisotopic (exact) mass is 557 g/mol. The Morgan fingerprint density at radius 1 is 0.900 bits per heavy atom. The summed E-state index contributed by atoms with van der Waals surface area (Å²) in [5, 5.41) is 15.3. The van der Waals surface area contributed by atoms with Gasteiger partial charge in [0, 0.05) is 31.5 Å². The van der Waals surface area contributed by atoms with Crippen molar-refractivity contribution in [1.82, 2.24) is 19.6 Å². The number of pyridine rings is 2. The van der Waals surface area contributed by atoms with Crippen LogP contribution < -0.4 is 5.32 Å². The fourth-order valence-electron chi connectivity index (χ4n) is 5.12. The summed E-state index contributed by atoms with van der Waals surface area (Å²) in [4.78, 5) is 19.6. The van der Waals surface area contributed by atoms with Crippen molar-refractivity contribution >= 4 is 15.7 Å². The minimum atomic E-state index is -4.23. The Kier molecular flexibility index (Phi) is 8.59. The molecule has 0 fully saturated rings. The van der Waals surface area contributed by atoms with E-state index < -0.39 is 20.6 Å². The van der Waals surface area contributed by atoms with E-state index in [0.29, 0.717) is 12.2 Å². The second kappa shape index (κ2) is 12.5. The first-order valence-electron chi connectivity index (χ1n) is 13.3. The van der Waals surface area contributed by atoms with Crippen LogP contribution in [0.2, 0.25) is 0 Å². The Balaban J connectivity index is 1.39. The maximum Gasteiger partial charge on any atom is 0.289 e. The number of nitro benzene ring substituents is 1. The molecule has 0 amide bonds. The van der Waals surface area contributed by atoms with Crippen molar-refractivity contribution < 1.29 is 13.3 Å². The van der Waals surface area contributed by atoms with E-state index in [2.05, 4.69) is 21.4 Å². The van der Waals surface area contributed by atoms with E-state index in [4.69, 9.17) is 0 Å². The van der Waals surface area contributed by atoms with Crippen LogP contribution in [0.15, 0.2) is 96.2 Å². The van der Waals surface area contributed by atoms with Crippen LogP contribution in [0.1, 0.15) is 53.4 Å². The SMILES string of the molecule is O=[N+]([O-])c1ccccc1S(=O)(=O)N(Cc1cccc(CNC2CCCCc3cccnc32)c1)Cc1ccccn1. The van der Waals surface area contributed by atoms with Crippen molar-refractivity contribution in [2.45, 2.75) is 56.3 Å². The van der Waals surface area contributed by atoms with Crippen molar-refractivity contribution in [3.63, 3.8) is 0 Å². The molecule has 0 radical (unpaired) electrons. The number of nitrogens with zero attached hydrogens (tertiary/aromatic N) is 4. The summed E-state index contributed by atoms with van der Waals surface area (Å²) < 4.78 is 28.9. The normalized spacial score (nSPS) is 15.4. The second-order valence-electron chi connectivity index (χ2n) is 9.87. The molecule has 1 aliphatic carbocycles. The zero-order valence-corrected chi connectivity index (χ0v) is 22.8. The molecular formula is C30H31N5O4S. The first kappa shape index (κ1) is 27.6. The van der Waals surface area contributed by atoms with E-state index in [0.717, 1.165) is 42.5 Å². The van der Waals surface area contributed by atoms with Crippen LogP contribution in [-0.4, -0.2) is 27.6 Å². The van der Waals surface area contributed by atoms with Gasteiger partial charge in [0.2, 0.25) is 0 Å². The lowest BCUT2D eigenvalue weighted by molar-refractivity contribution is -0.387. The highest BCUT2D eigenvalue weighted by atomic mass is 32.2. The second-order valence-corrected chi connectivity index (χ2v) is 11.8. The molecule has 0 spiro atoms. The van der Waals surface area contributed by atoms with Crippen LogP contribution in [0.4, 0.5) is 5.69 Å². The van der Waals surface area contributed by atoms with Crippen LogP contribution in [0.25, 0.3) is 0 Å². The highest BCUT2D eigenvalue weighted by Crippen LogP contribution is 2.29. The maximum atomic E-state index is 13.8. The summed E-state index contributed by atoms with van der Waals surface area (Å²) in [6, 6.07) is 22.7. The summed E-state index contributed by atoms with van der Waals surface area (Å²) in [5.41, 5.74) is 4.27. The fourth-order valence-corrected chi connectivity index (χ4v) is 6.68. The van der Waals surface area contributed by atoms with E-state index in [9.17, 15) is 18.5 Å². The molecule has 0 bridgehead atoms. The molecule has 0 aliphatic heterocycles. The molecule has 0 saturated heterocycles. The highest BCUT2D eigenvalue weighted by molar-refractivity contribution is 7.89. The van der Waals surface area contributed by atoms with Crippen molar-refractivity contribution in [3.8, 4) is 0 Å². The van der Waals surface area contributed by atoms with E-state index in [-0.39, 0.29) is 24.0 Å². The Hall–Kier alpha value is -3.99. The lowest BCUT2D eigenvalue weighted by Crippen LogP contribution is -2.31. The summed E-state index contributed by atoms with van der Waals surface area (Å²) in [5.74, 6) is 0. The third kappa shape index (κ3) is 6.41. The van der Waals surface area contributed by atoms with Crippen LogP contribution in [0.3, 0.4) is 0 Å². The molecule has 5 rings (SSSR count). The Morgan fingerprint density at radius 2 is 1.70 bits per heavy atom. The number of aromatic nitrogens is 2. The molecule has 1 atom stereocenters. The van der Waals surface area contributed by atoms with Gasteiger partial charge in [-0.1, -0.05) is 55.0 Å². The topological polar surface area (TPSA) is 118 Å². The third-order valence-electron chi connectivity index (χ3n) is 7.09. The average Bonchev–Trinajstić information content (AvgIpc) is 3.19.